The molecule has 0 atom stereocenters. The number of rotatable bonds is 5. The molecule has 0 radical (unpaired) electrons. The number of nitrogens with two attached hydrogens (primary N) is 1. The average Bonchev–Trinajstić information content (AvgIpc) is 3.33. The Kier molecular flexibility index (Phi) is 3.99. The molecule has 3 aromatic heterocycles. The Labute approximate surface area is 154 Å². The second-order valence-electron chi connectivity index (χ2n) is 5.59. The highest BCUT2D eigenvalue weighted by molar-refractivity contribution is 5.75. The lowest BCUT2D eigenvalue weighted by Crippen LogP contribution is -2.01. The van der Waals surface area contributed by atoms with Crippen molar-refractivity contribution in [3.8, 4) is 28.8 Å². The first-order valence-electron chi connectivity index (χ1n) is 7.95. The van der Waals surface area contributed by atoms with Crippen LogP contribution >= 0.6 is 0 Å². The lowest BCUT2D eigenvalue weighted by molar-refractivity contribution is 0.324. The van der Waals surface area contributed by atoms with E-state index in [1.54, 1.807) is 44.7 Å². The van der Waals surface area contributed by atoms with Crippen molar-refractivity contribution in [2.24, 2.45) is 0 Å². The lowest BCUT2D eigenvalue weighted by atomic mass is 10.2. The molecule has 0 amide bonds. The summed E-state index contributed by atoms with van der Waals surface area (Å²) in [5, 5.41) is 5.09. The number of aromatic nitrogens is 6. The number of methoxy groups -OCH3 is 3. The van der Waals surface area contributed by atoms with Crippen molar-refractivity contribution in [3.05, 3.63) is 37.1 Å². The first-order valence-corrected chi connectivity index (χ1v) is 7.95. The zero-order chi connectivity index (χ0) is 19.0. The maximum Gasteiger partial charge on any atom is 0.222 e. The minimum Gasteiger partial charge on any atom is -0.493 e. The summed E-state index contributed by atoms with van der Waals surface area (Å²) in [4.78, 5) is 12.6. The molecule has 0 unspecified atom stereocenters. The quantitative estimate of drug-likeness (QED) is 0.566. The Morgan fingerprint density at radius 1 is 0.963 bits per heavy atom. The first-order chi connectivity index (χ1) is 13.1. The van der Waals surface area contributed by atoms with Gasteiger partial charge in [-0.2, -0.15) is 14.8 Å². The normalized spacial score (nSPS) is 10.9. The zero-order valence-corrected chi connectivity index (χ0v) is 14.9. The molecule has 10 heteroatoms. The average molecular weight is 367 g/mol. The fourth-order valence-electron chi connectivity index (χ4n) is 2.78. The number of hydrogen-bond donors (Lipinski definition) is 1. The zero-order valence-electron chi connectivity index (χ0n) is 14.9. The van der Waals surface area contributed by atoms with E-state index in [0.717, 1.165) is 11.1 Å². The SMILES string of the molecule is COc1cc(-n2cnc(-n3ncc4cnc(N)nc43)c2)cc(OC)c1OC. The van der Waals surface area contributed by atoms with Gasteiger partial charge in [-0.15, -0.1) is 0 Å². The van der Waals surface area contributed by atoms with E-state index in [1.807, 2.05) is 22.9 Å². The van der Waals surface area contributed by atoms with E-state index >= 15 is 0 Å². The lowest BCUT2D eigenvalue weighted by Gasteiger charge is -2.14. The molecule has 0 saturated carbocycles. The molecule has 27 heavy (non-hydrogen) atoms. The summed E-state index contributed by atoms with van der Waals surface area (Å²) in [6.45, 7) is 0. The molecule has 0 aliphatic heterocycles. The number of nitrogens with zero attached hydrogens (tertiary/aromatic N) is 6. The van der Waals surface area contributed by atoms with Gasteiger partial charge in [0.15, 0.2) is 23.0 Å². The van der Waals surface area contributed by atoms with Crippen molar-refractivity contribution in [2.75, 3.05) is 27.1 Å². The topological polar surface area (TPSA) is 115 Å². The van der Waals surface area contributed by atoms with E-state index in [4.69, 9.17) is 19.9 Å². The molecule has 4 aromatic rings. The van der Waals surface area contributed by atoms with E-state index in [0.29, 0.717) is 28.7 Å². The summed E-state index contributed by atoms with van der Waals surface area (Å²) in [5.74, 6) is 2.37. The van der Waals surface area contributed by atoms with E-state index in [9.17, 15) is 0 Å². The standard InChI is InChI=1S/C17H17N7O3/c1-25-12-4-11(5-13(26-2)15(12)27-3)23-8-14(20-9-23)24-16-10(7-21-24)6-19-17(18)22-16/h4-9H,1-3H3,(H2,18,19,22). The fraction of sp³-hybridized carbons (Fsp3) is 0.176. The van der Waals surface area contributed by atoms with Gasteiger partial charge < -0.3 is 24.5 Å². The van der Waals surface area contributed by atoms with E-state index < -0.39 is 0 Å². The predicted octanol–water partition coefficient (Wildman–Crippen LogP) is 1.61. The molecule has 0 fully saturated rings. The van der Waals surface area contributed by atoms with E-state index in [-0.39, 0.29) is 5.95 Å². The molecular weight excluding hydrogens is 350 g/mol. The summed E-state index contributed by atoms with van der Waals surface area (Å²) >= 11 is 0. The van der Waals surface area contributed by atoms with Gasteiger partial charge in [-0.1, -0.05) is 0 Å². The van der Waals surface area contributed by atoms with Gasteiger partial charge in [0.25, 0.3) is 0 Å². The number of benzene rings is 1. The van der Waals surface area contributed by atoms with Crippen LogP contribution in [0.1, 0.15) is 0 Å². The largest absolute Gasteiger partial charge is 0.493 e. The predicted molar refractivity (Wildman–Crippen MR) is 97.9 cm³/mol. The van der Waals surface area contributed by atoms with Crippen LogP contribution in [0, 0.1) is 0 Å². The molecule has 2 N–H and O–H groups in total. The highest BCUT2D eigenvalue weighted by Gasteiger charge is 2.15. The van der Waals surface area contributed by atoms with Crippen LogP contribution in [0.5, 0.6) is 17.2 Å². The Hall–Kier alpha value is -3.82. The van der Waals surface area contributed by atoms with Crippen molar-refractivity contribution in [1.82, 2.24) is 29.3 Å². The van der Waals surface area contributed by atoms with Gasteiger partial charge in [0, 0.05) is 18.3 Å². The number of fused-ring (bicyclic) bond motifs is 1. The second kappa shape index (κ2) is 6.48. The Balaban J connectivity index is 1.79. The number of ether oxygens (including phenoxy) is 3. The molecule has 0 bridgehead atoms. The molecule has 10 nitrogen and oxygen atoms in total. The molecular formula is C17H17N7O3. The number of hydrogen-bond acceptors (Lipinski definition) is 8. The van der Waals surface area contributed by atoms with Crippen LogP contribution in [0.25, 0.3) is 22.5 Å². The number of imidazole rings is 1. The highest BCUT2D eigenvalue weighted by Crippen LogP contribution is 2.39. The first kappa shape index (κ1) is 16.6. The smallest absolute Gasteiger partial charge is 0.222 e. The van der Waals surface area contributed by atoms with Gasteiger partial charge in [0.1, 0.15) is 6.33 Å². The van der Waals surface area contributed by atoms with E-state index in [2.05, 4.69) is 20.1 Å². The maximum absolute atomic E-state index is 5.69. The summed E-state index contributed by atoms with van der Waals surface area (Å²) in [7, 11) is 4.70. The number of anilines is 1. The summed E-state index contributed by atoms with van der Waals surface area (Å²) in [5.41, 5.74) is 7.06. The summed E-state index contributed by atoms with van der Waals surface area (Å²) in [6, 6.07) is 3.66. The van der Waals surface area contributed by atoms with Crippen LogP contribution in [0.3, 0.4) is 0 Å². The molecule has 3 heterocycles. The minimum atomic E-state index is 0.174. The molecule has 1 aromatic carbocycles. The van der Waals surface area contributed by atoms with Gasteiger partial charge in [-0.05, 0) is 0 Å². The summed E-state index contributed by atoms with van der Waals surface area (Å²) < 4.78 is 19.6. The minimum absolute atomic E-state index is 0.174. The molecule has 138 valence electrons. The van der Waals surface area contributed by atoms with Crippen molar-refractivity contribution < 1.29 is 14.2 Å². The third-order valence-electron chi connectivity index (χ3n) is 4.06. The highest BCUT2D eigenvalue weighted by atomic mass is 16.5. The Bertz CT molecular complexity index is 1090. The monoisotopic (exact) mass is 367 g/mol. The second-order valence-corrected chi connectivity index (χ2v) is 5.59. The van der Waals surface area contributed by atoms with Gasteiger partial charge in [0.05, 0.1) is 44.8 Å². The molecule has 0 saturated heterocycles. The van der Waals surface area contributed by atoms with Gasteiger partial charge in [-0.3, -0.25) is 0 Å². The van der Waals surface area contributed by atoms with Crippen molar-refractivity contribution in [2.45, 2.75) is 0 Å². The summed E-state index contributed by atoms with van der Waals surface area (Å²) in [6.07, 6.45) is 6.75. The van der Waals surface area contributed by atoms with Gasteiger partial charge >= 0.3 is 0 Å². The Morgan fingerprint density at radius 3 is 2.37 bits per heavy atom. The van der Waals surface area contributed by atoms with Crippen molar-refractivity contribution >= 4 is 17.0 Å². The van der Waals surface area contributed by atoms with Crippen LogP contribution in [-0.4, -0.2) is 50.6 Å². The maximum atomic E-state index is 5.69. The van der Waals surface area contributed by atoms with E-state index in [1.165, 1.54) is 0 Å². The van der Waals surface area contributed by atoms with Crippen LogP contribution in [-0.2, 0) is 0 Å². The third-order valence-corrected chi connectivity index (χ3v) is 4.06. The van der Waals surface area contributed by atoms with Crippen molar-refractivity contribution in [1.29, 1.82) is 0 Å². The molecule has 0 aliphatic carbocycles. The molecule has 4 rings (SSSR count). The van der Waals surface area contributed by atoms with Crippen LogP contribution in [0.2, 0.25) is 0 Å². The van der Waals surface area contributed by atoms with Crippen LogP contribution in [0.15, 0.2) is 37.1 Å². The van der Waals surface area contributed by atoms with Gasteiger partial charge in [-0.25, -0.2) is 9.97 Å². The van der Waals surface area contributed by atoms with Crippen LogP contribution < -0.4 is 19.9 Å². The molecule has 0 aliphatic rings. The Morgan fingerprint density at radius 2 is 1.70 bits per heavy atom. The fourth-order valence-corrected chi connectivity index (χ4v) is 2.78. The van der Waals surface area contributed by atoms with Crippen molar-refractivity contribution in [3.63, 3.8) is 0 Å². The third kappa shape index (κ3) is 2.76. The van der Waals surface area contributed by atoms with Crippen LogP contribution in [0.4, 0.5) is 5.95 Å². The van der Waals surface area contributed by atoms with Gasteiger partial charge in [0.2, 0.25) is 11.7 Å². The number of nitrogen functional groups attached to an aromatic ring is 1. The molecule has 0 spiro atoms.